The Labute approximate surface area is 439 Å². The zero-order valence-electron chi connectivity index (χ0n) is 43.1. The van der Waals surface area contributed by atoms with Crippen LogP contribution in [0.1, 0.15) is 95.3 Å². The van der Waals surface area contributed by atoms with Gasteiger partial charge in [-0.25, -0.2) is 15.0 Å². The number of unbranched alkanes of at least 4 members (excludes halogenated alkanes) is 1. The molecule has 9 rings (SSSR count). The SMILES string of the molecule is CCCCC(C)n1ccc(CCc2ccccc2)cc1=O.Cc1ccnc(F)c1.Fc1cc(CCc2ccccc2)ccn1.O=c1cc(CCc2ccccc2)cc[nH]1.OC(Cc1ccnc(F)c1)c1ccccc1. The van der Waals surface area contributed by atoms with Gasteiger partial charge in [0.2, 0.25) is 23.4 Å². The Morgan fingerprint density at radius 3 is 1.41 bits per heavy atom. The topological polar surface area (TPSA) is 114 Å². The molecule has 2 N–H and O–H groups in total. The molecule has 11 heteroatoms. The van der Waals surface area contributed by atoms with Crippen LogP contribution in [0.5, 0.6) is 0 Å². The van der Waals surface area contributed by atoms with Crippen molar-refractivity contribution >= 4 is 0 Å². The molecule has 0 amide bonds. The third kappa shape index (κ3) is 23.2. The summed E-state index contributed by atoms with van der Waals surface area (Å²) in [6, 6.07) is 57.5. The monoisotopic (exact) mass is 1010 g/mol. The first-order valence-electron chi connectivity index (χ1n) is 25.5. The van der Waals surface area contributed by atoms with E-state index in [0.717, 1.165) is 78.3 Å². The normalized spacial score (nSPS) is 11.1. The van der Waals surface area contributed by atoms with Gasteiger partial charge in [-0.3, -0.25) is 9.59 Å². The molecule has 4 aromatic carbocycles. The van der Waals surface area contributed by atoms with Crippen LogP contribution in [0.4, 0.5) is 13.2 Å². The van der Waals surface area contributed by atoms with Crippen molar-refractivity contribution in [2.75, 3.05) is 0 Å². The molecule has 75 heavy (non-hydrogen) atoms. The fraction of sp³-hybridized carbons (Fsp3) is 0.234. The quantitative estimate of drug-likeness (QED) is 0.0932. The fourth-order valence-corrected chi connectivity index (χ4v) is 7.82. The molecule has 0 radical (unpaired) electrons. The van der Waals surface area contributed by atoms with Crippen molar-refractivity contribution in [3.05, 3.63) is 302 Å². The Morgan fingerprint density at radius 2 is 0.960 bits per heavy atom. The Morgan fingerprint density at radius 1 is 0.520 bits per heavy atom. The lowest BCUT2D eigenvalue weighted by Gasteiger charge is -2.15. The lowest BCUT2D eigenvalue weighted by atomic mass is 10.0. The summed E-state index contributed by atoms with van der Waals surface area (Å²) in [5.41, 5.74) is 9.67. The molecule has 0 spiro atoms. The third-order valence-electron chi connectivity index (χ3n) is 12.0. The van der Waals surface area contributed by atoms with E-state index in [2.05, 4.69) is 88.4 Å². The van der Waals surface area contributed by atoms with Gasteiger partial charge < -0.3 is 14.7 Å². The second kappa shape index (κ2) is 32.9. The zero-order valence-corrected chi connectivity index (χ0v) is 43.1. The number of nitrogens with one attached hydrogen (secondary N) is 1. The lowest BCUT2D eigenvalue weighted by molar-refractivity contribution is 0.178. The summed E-state index contributed by atoms with van der Waals surface area (Å²) in [5, 5.41) is 9.92. The first-order chi connectivity index (χ1) is 36.4. The summed E-state index contributed by atoms with van der Waals surface area (Å²) in [6.07, 6.45) is 16.8. The van der Waals surface area contributed by atoms with E-state index in [1.165, 1.54) is 66.3 Å². The molecule has 0 saturated carbocycles. The summed E-state index contributed by atoms with van der Waals surface area (Å²) >= 11 is 0. The van der Waals surface area contributed by atoms with E-state index in [9.17, 15) is 27.9 Å². The van der Waals surface area contributed by atoms with Crippen LogP contribution in [0, 0.1) is 24.8 Å². The van der Waals surface area contributed by atoms with Crippen molar-refractivity contribution in [3.8, 4) is 0 Å². The molecule has 0 aliphatic rings. The average Bonchev–Trinajstić information content (AvgIpc) is 3.42. The van der Waals surface area contributed by atoms with Gasteiger partial charge >= 0.3 is 0 Å². The number of hydrogen-bond acceptors (Lipinski definition) is 6. The maximum absolute atomic E-state index is 12.8. The predicted molar refractivity (Wildman–Crippen MR) is 296 cm³/mol. The minimum atomic E-state index is -0.608. The van der Waals surface area contributed by atoms with Crippen LogP contribution in [0.25, 0.3) is 0 Å². The van der Waals surface area contributed by atoms with Gasteiger partial charge in [0.25, 0.3) is 5.56 Å². The van der Waals surface area contributed by atoms with Crippen LogP contribution >= 0.6 is 0 Å². The van der Waals surface area contributed by atoms with Crippen LogP contribution < -0.4 is 11.1 Å². The van der Waals surface area contributed by atoms with Crippen molar-refractivity contribution in [2.45, 2.75) is 97.1 Å². The maximum atomic E-state index is 12.8. The highest BCUT2D eigenvalue weighted by atomic mass is 19.1. The number of H-pyrrole nitrogens is 1. The first kappa shape index (κ1) is 57.9. The molecule has 0 aliphatic carbocycles. The summed E-state index contributed by atoms with van der Waals surface area (Å²) in [4.78, 5) is 36.3. The minimum Gasteiger partial charge on any atom is -0.388 e. The molecule has 0 saturated heterocycles. The Bertz CT molecular complexity index is 3090. The van der Waals surface area contributed by atoms with Gasteiger partial charge in [0.15, 0.2) is 0 Å². The number of halogens is 3. The average molecular weight is 1010 g/mol. The van der Waals surface area contributed by atoms with Crippen LogP contribution in [0.3, 0.4) is 0 Å². The second-order valence-electron chi connectivity index (χ2n) is 18.0. The Hall–Kier alpha value is -8.02. The number of hydrogen-bond donors (Lipinski definition) is 2. The number of aryl methyl sites for hydroxylation is 7. The van der Waals surface area contributed by atoms with Gasteiger partial charge in [0, 0.05) is 55.6 Å². The molecule has 0 bridgehead atoms. The summed E-state index contributed by atoms with van der Waals surface area (Å²) < 4.78 is 39.5. The van der Waals surface area contributed by atoms with Crippen LogP contribution in [-0.2, 0) is 44.9 Å². The number of aliphatic hydroxyl groups is 1. The van der Waals surface area contributed by atoms with Gasteiger partial charge in [0.1, 0.15) is 0 Å². The molecule has 9 aromatic rings. The Kier molecular flexibility index (Phi) is 25.4. The van der Waals surface area contributed by atoms with Crippen LogP contribution in [0.2, 0.25) is 0 Å². The maximum Gasteiger partial charge on any atom is 0.251 e. The lowest BCUT2D eigenvalue weighted by Crippen LogP contribution is -2.22. The molecule has 388 valence electrons. The van der Waals surface area contributed by atoms with Gasteiger partial charge in [0.05, 0.1) is 6.10 Å². The molecule has 2 atom stereocenters. The molecule has 8 nitrogen and oxygen atoms in total. The third-order valence-corrected chi connectivity index (χ3v) is 12.0. The minimum absolute atomic E-state index is 0.0273. The largest absolute Gasteiger partial charge is 0.388 e. The molecular formula is C64H68F3N5O3. The molecular weight excluding hydrogens is 944 g/mol. The molecule has 0 fully saturated rings. The molecule has 2 unspecified atom stereocenters. The number of pyridine rings is 5. The van der Waals surface area contributed by atoms with Crippen molar-refractivity contribution in [1.29, 1.82) is 0 Å². The molecule has 5 heterocycles. The number of nitrogens with zero attached hydrogens (tertiary/aromatic N) is 4. The Balaban J connectivity index is 0.000000178. The van der Waals surface area contributed by atoms with E-state index >= 15 is 0 Å². The number of rotatable bonds is 16. The van der Waals surface area contributed by atoms with Gasteiger partial charge in [-0.1, -0.05) is 141 Å². The van der Waals surface area contributed by atoms with Crippen molar-refractivity contribution < 1.29 is 18.3 Å². The van der Waals surface area contributed by atoms with Crippen molar-refractivity contribution in [2.24, 2.45) is 0 Å². The number of aromatic nitrogens is 5. The van der Waals surface area contributed by atoms with E-state index in [1.54, 1.807) is 30.5 Å². The highest BCUT2D eigenvalue weighted by Crippen LogP contribution is 2.18. The summed E-state index contributed by atoms with van der Waals surface area (Å²) in [6.45, 7) is 6.13. The van der Waals surface area contributed by atoms with E-state index in [0.29, 0.717) is 12.5 Å². The van der Waals surface area contributed by atoms with Gasteiger partial charge in [-0.2, -0.15) is 13.2 Å². The summed E-state index contributed by atoms with van der Waals surface area (Å²) in [5.74, 6) is -1.33. The van der Waals surface area contributed by atoms with E-state index in [-0.39, 0.29) is 11.1 Å². The highest BCUT2D eigenvalue weighted by molar-refractivity contribution is 5.23. The molecule has 5 aromatic heterocycles. The first-order valence-corrected chi connectivity index (χ1v) is 25.5. The number of aromatic amines is 1. The fourth-order valence-electron chi connectivity index (χ4n) is 7.82. The highest BCUT2D eigenvalue weighted by Gasteiger charge is 2.09. The number of benzene rings is 4. The van der Waals surface area contributed by atoms with Gasteiger partial charge in [-0.05, 0) is 157 Å². The predicted octanol–water partition coefficient (Wildman–Crippen LogP) is 13.6. The number of aliphatic hydroxyl groups excluding tert-OH is 1. The van der Waals surface area contributed by atoms with Crippen LogP contribution in [-0.4, -0.2) is 29.6 Å². The van der Waals surface area contributed by atoms with Crippen molar-refractivity contribution in [1.82, 2.24) is 24.5 Å². The van der Waals surface area contributed by atoms with Crippen LogP contribution in [0.15, 0.2) is 223 Å². The smallest absolute Gasteiger partial charge is 0.251 e. The standard InChI is InChI=1S/C19H25NO.C13H12FNO.C13H12FN.C13H13NO.C6H6FN/c1-3-4-8-16(2)20-14-13-18(15-19(20)21)12-11-17-9-6-5-7-10-17;14-13-9-10(6-7-15-13)8-12(16)11-4-2-1-3-5-11;14-13-10-12(8-9-15-13)7-6-11-4-2-1-3-5-11;15-13-10-12(8-9-14-13)7-6-11-4-2-1-3-5-11;1-5-2-3-8-6(7)4-5/h5-7,9-10,13-16H,3-4,8,11-12H2,1-2H3;1-7,9,12,16H,8H2;1-5,8-10H,6-7H2;1-5,8-10H,6-7H2,(H,14,15);2-4H,1H3. The van der Waals surface area contributed by atoms with E-state index in [4.69, 9.17) is 0 Å². The summed E-state index contributed by atoms with van der Waals surface area (Å²) in [7, 11) is 0. The van der Waals surface area contributed by atoms with Crippen molar-refractivity contribution in [3.63, 3.8) is 0 Å². The second-order valence-corrected chi connectivity index (χ2v) is 18.0. The zero-order chi connectivity index (χ0) is 53.5. The van der Waals surface area contributed by atoms with E-state index < -0.39 is 23.9 Å². The molecule has 0 aliphatic heterocycles. The van der Waals surface area contributed by atoms with Gasteiger partial charge in [-0.15, -0.1) is 0 Å². The van der Waals surface area contributed by atoms with E-state index in [1.807, 2.05) is 103 Å².